The molecule has 0 bridgehead atoms. The van der Waals surface area contributed by atoms with Gasteiger partial charge >= 0.3 is 0 Å². The molecular weight excluding hydrogens is 362 g/mol. The number of nitrogens with zero attached hydrogens (tertiary/aromatic N) is 2. The van der Waals surface area contributed by atoms with Crippen LogP contribution in [-0.2, 0) is 6.42 Å². The lowest BCUT2D eigenvalue weighted by molar-refractivity contribution is 0.498. The SMILES string of the molecule is Cc1c(N2CCC(CNC3CC3)C2)c2c3c(c1NN)c(=O)c(C)cn3C(C)CC2. The number of hydrogen-bond acceptors (Lipinski definition) is 5. The van der Waals surface area contributed by atoms with E-state index in [2.05, 4.69) is 34.1 Å². The summed E-state index contributed by atoms with van der Waals surface area (Å²) in [6.45, 7) is 9.55. The molecule has 2 fully saturated rings. The number of nitrogens with two attached hydrogens (primary N) is 1. The molecule has 3 aliphatic rings. The van der Waals surface area contributed by atoms with Crippen molar-refractivity contribution >= 4 is 22.3 Å². The number of nitrogens with one attached hydrogen (secondary N) is 2. The van der Waals surface area contributed by atoms with E-state index < -0.39 is 0 Å². The second-order valence-electron chi connectivity index (χ2n) is 9.41. The molecule has 6 heteroatoms. The average molecular weight is 396 g/mol. The van der Waals surface area contributed by atoms with Crippen LogP contribution in [0.1, 0.15) is 55.3 Å². The summed E-state index contributed by atoms with van der Waals surface area (Å²) in [4.78, 5) is 15.7. The third-order valence-electron chi connectivity index (χ3n) is 7.27. The molecule has 1 aromatic carbocycles. The second-order valence-corrected chi connectivity index (χ2v) is 9.41. The summed E-state index contributed by atoms with van der Waals surface area (Å²) in [5.41, 5.74) is 9.43. The minimum absolute atomic E-state index is 0.0992. The van der Waals surface area contributed by atoms with Gasteiger partial charge in [-0.1, -0.05) is 0 Å². The Morgan fingerprint density at radius 2 is 2.00 bits per heavy atom. The summed E-state index contributed by atoms with van der Waals surface area (Å²) in [5.74, 6) is 6.68. The Hall–Kier alpha value is -2.05. The minimum Gasteiger partial charge on any atom is -0.371 e. The number of nitrogen functional groups attached to an aromatic ring is 1. The van der Waals surface area contributed by atoms with Crippen molar-refractivity contribution in [1.82, 2.24) is 9.88 Å². The van der Waals surface area contributed by atoms with Crippen LogP contribution in [-0.4, -0.2) is 30.2 Å². The van der Waals surface area contributed by atoms with E-state index in [1.807, 2.05) is 13.1 Å². The van der Waals surface area contributed by atoms with Gasteiger partial charge in [0.1, 0.15) is 0 Å². The highest BCUT2D eigenvalue weighted by molar-refractivity contribution is 6.01. The third-order valence-corrected chi connectivity index (χ3v) is 7.27. The van der Waals surface area contributed by atoms with Crippen LogP contribution < -0.4 is 26.9 Å². The molecule has 1 saturated carbocycles. The smallest absolute Gasteiger partial charge is 0.194 e. The topological polar surface area (TPSA) is 75.3 Å². The number of hydrogen-bond donors (Lipinski definition) is 3. The molecule has 0 amide bonds. The van der Waals surface area contributed by atoms with Gasteiger partial charge in [-0.3, -0.25) is 10.6 Å². The van der Waals surface area contributed by atoms with Gasteiger partial charge in [-0.15, -0.1) is 0 Å². The highest BCUT2D eigenvalue weighted by Gasteiger charge is 2.32. The van der Waals surface area contributed by atoms with Crippen molar-refractivity contribution in [2.24, 2.45) is 11.8 Å². The van der Waals surface area contributed by atoms with Gasteiger partial charge in [0.15, 0.2) is 5.43 Å². The van der Waals surface area contributed by atoms with Crippen LogP contribution in [0, 0.1) is 19.8 Å². The zero-order valence-electron chi connectivity index (χ0n) is 17.8. The van der Waals surface area contributed by atoms with E-state index >= 15 is 0 Å². The number of aryl methyl sites for hydroxylation is 2. The summed E-state index contributed by atoms with van der Waals surface area (Å²) < 4.78 is 2.32. The first-order valence-electron chi connectivity index (χ1n) is 11.2. The number of anilines is 2. The van der Waals surface area contributed by atoms with E-state index in [0.29, 0.717) is 12.0 Å². The quantitative estimate of drug-likeness (QED) is 0.536. The lowest BCUT2D eigenvalue weighted by Crippen LogP contribution is -2.30. The van der Waals surface area contributed by atoms with Crippen LogP contribution in [0.3, 0.4) is 0 Å². The maximum Gasteiger partial charge on any atom is 0.194 e. The second kappa shape index (κ2) is 7.03. The summed E-state index contributed by atoms with van der Waals surface area (Å²) in [7, 11) is 0. The predicted octanol–water partition coefficient (Wildman–Crippen LogP) is 2.99. The molecule has 2 aromatic rings. The van der Waals surface area contributed by atoms with Crippen LogP contribution in [0.2, 0.25) is 0 Å². The van der Waals surface area contributed by atoms with Gasteiger partial charge in [0.05, 0.1) is 16.6 Å². The Bertz CT molecular complexity index is 1020. The molecule has 6 nitrogen and oxygen atoms in total. The van der Waals surface area contributed by atoms with Gasteiger partial charge in [-0.2, -0.15) is 0 Å². The summed E-state index contributed by atoms with van der Waals surface area (Å²) in [6, 6.07) is 1.15. The highest BCUT2D eigenvalue weighted by atomic mass is 16.1. The molecule has 5 rings (SSSR count). The van der Waals surface area contributed by atoms with Crippen LogP contribution in [0.25, 0.3) is 10.9 Å². The molecule has 3 heterocycles. The Kier molecular flexibility index (Phi) is 4.59. The van der Waals surface area contributed by atoms with Crippen LogP contribution >= 0.6 is 0 Å². The molecule has 4 N–H and O–H groups in total. The minimum atomic E-state index is 0.0992. The first kappa shape index (κ1) is 18.9. The number of benzene rings is 1. The zero-order valence-corrected chi connectivity index (χ0v) is 17.8. The third kappa shape index (κ3) is 3.04. The fourth-order valence-electron chi connectivity index (χ4n) is 5.46. The van der Waals surface area contributed by atoms with Crippen molar-refractivity contribution < 1.29 is 0 Å². The molecule has 2 atom stereocenters. The average Bonchev–Trinajstić information content (AvgIpc) is 3.43. The monoisotopic (exact) mass is 395 g/mol. The van der Waals surface area contributed by atoms with E-state index in [0.717, 1.165) is 66.2 Å². The molecule has 1 aromatic heterocycles. The summed E-state index contributed by atoms with van der Waals surface area (Å²) >= 11 is 0. The Labute approximate surface area is 172 Å². The van der Waals surface area contributed by atoms with Gasteiger partial charge in [0.25, 0.3) is 0 Å². The van der Waals surface area contributed by atoms with E-state index in [1.165, 1.54) is 30.5 Å². The highest BCUT2D eigenvalue weighted by Crippen LogP contribution is 2.43. The van der Waals surface area contributed by atoms with Crippen molar-refractivity contribution in [3.63, 3.8) is 0 Å². The van der Waals surface area contributed by atoms with Gasteiger partial charge in [0.2, 0.25) is 0 Å². The number of hydrazine groups is 1. The van der Waals surface area contributed by atoms with E-state index in [4.69, 9.17) is 5.84 Å². The fraction of sp³-hybridized carbons (Fsp3) is 0.609. The maximum absolute atomic E-state index is 13.1. The maximum atomic E-state index is 13.1. The van der Waals surface area contributed by atoms with Crippen molar-refractivity contribution in [3.05, 3.63) is 33.1 Å². The van der Waals surface area contributed by atoms with Crippen LogP contribution in [0.15, 0.2) is 11.0 Å². The molecule has 2 unspecified atom stereocenters. The fourth-order valence-corrected chi connectivity index (χ4v) is 5.46. The standard InChI is InChI=1S/C23H33N5O/c1-13-11-28-14(2)4-7-18-21(15(3)20(26-24)19(22(18)28)23(13)29)27-9-8-16(12-27)10-25-17-5-6-17/h11,14,16-17,25-26H,4-10,12,24H2,1-3H3. The molecular formula is C23H33N5O. The van der Waals surface area contributed by atoms with E-state index in [9.17, 15) is 4.79 Å². The normalized spacial score (nSPS) is 23.8. The van der Waals surface area contributed by atoms with Crippen molar-refractivity contribution in [2.75, 3.05) is 30.0 Å². The number of aromatic nitrogens is 1. The largest absolute Gasteiger partial charge is 0.371 e. The van der Waals surface area contributed by atoms with Gasteiger partial charge in [-0.25, -0.2) is 0 Å². The Morgan fingerprint density at radius 1 is 1.21 bits per heavy atom. The van der Waals surface area contributed by atoms with Crippen LogP contribution in [0.5, 0.6) is 0 Å². The predicted molar refractivity (Wildman–Crippen MR) is 120 cm³/mol. The van der Waals surface area contributed by atoms with Gasteiger partial charge in [0, 0.05) is 48.2 Å². The summed E-state index contributed by atoms with van der Waals surface area (Å²) in [5, 5.41) is 4.47. The number of pyridine rings is 1. The van der Waals surface area contributed by atoms with E-state index in [1.54, 1.807) is 0 Å². The lowest BCUT2D eigenvalue weighted by Gasteiger charge is -2.33. The first-order valence-corrected chi connectivity index (χ1v) is 11.2. The molecule has 156 valence electrons. The first-order chi connectivity index (χ1) is 14.0. The molecule has 29 heavy (non-hydrogen) atoms. The molecule has 2 aliphatic heterocycles. The molecule has 1 saturated heterocycles. The van der Waals surface area contributed by atoms with Gasteiger partial charge in [-0.05, 0) is 70.9 Å². The van der Waals surface area contributed by atoms with E-state index in [-0.39, 0.29) is 5.43 Å². The van der Waals surface area contributed by atoms with Gasteiger partial charge < -0.3 is 20.2 Å². The number of rotatable bonds is 5. The molecule has 0 spiro atoms. The van der Waals surface area contributed by atoms with Crippen molar-refractivity contribution in [2.45, 2.75) is 65.0 Å². The molecule has 1 aliphatic carbocycles. The molecule has 0 radical (unpaired) electrons. The lowest BCUT2D eigenvalue weighted by atomic mass is 9.90. The Morgan fingerprint density at radius 3 is 2.72 bits per heavy atom. The van der Waals surface area contributed by atoms with Crippen LogP contribution in [0.4, 0.5) is 11.4 Å². The van der Waals surface area contributed by atoms with Crippen molar-refractivity contribution in [3.8, 4) is 0 Å². The zero-order chi connectivity index (χ0) is 20.3. The van der Waals surface area contributed by atoms with Crippen molar-refractivity contribution in [1.29, 1.82) is 0 Å². The summed E-state index contributed by atoms with van der Waals surface area (Å²) in [6.07, 6.45) is 8.06. The Balaban J connectivity index is 1.64.